The van der Waals surface area contributed by atoms with Gasteiger partial charge < -0.3 is 10.0 Å². The molecule has 0 aliphatic heterocycles. The number of aryl methyl sites for hydroxylation is 2. The fraction of sp³-hybridized carbons (Fsp3) is 0.375. The van der Waals surface area contributed by atoms with E-state index in [2.05, 4.69) is 29.8 Å². The number of carboxylic acids is 1. The third-order valence-electron chi connectivity index (χ3n) is 3.36. The van der Waals surface area contributed by atoms with Gasteiger partial charge in [0.05, 0.1) is 17.9 Å². The molecule has 0 aromatic carbocycles. The van der Waals surface area contributed by atoms with E-state index in [0.29, 0.717) is 17.8 Å². The van der Waals surface area contributed by atoms with Crippen LogP contribution in [-0.2, 0) is 6.54 Å². The van der Waals surface area contributed by atoms with Crippen molar-refractivity contribution in [2.24, 2.45) is 0 Å². The molecule has 0 unspecified atom stereocenters. The van der Waals surface area contributed by atoms with Crippen LogP contribution in [-0.4, -0.2) is 22.1 Å². The molecule has 2 rings (SSSR count). The molecular formula is C16H20N2O2S. The lowest BCUT2D eigenvalue weighted by Gasteiger charge is -2.30. The minimum atomic E-state index is -0.924. The van der Waals surface area contributed by atoms with Gasteiger partial charge in [-0.3, -0.25) is 4.98 Å². The maximum absolute atomic E-state index is 11.6. The van der Waals surface area contributed by atoms with E-state index in [1.807, 2.05) is 24.4 Å². The molecule has 2 aromatic rings. The molecule has 0 aliphatic carbocycles. The average molecular weight is 304 g/mol. The van der Waals surface area contributed by atoms with Gasteiger partial charge in [-0.1, -0.05) is 6.07 Å². The molecule has 2 aromatic heterocycles. The first-order chi connectivity index (χ1) is 9.90. The van der Waals surface area contributed by atoms with Gasteiger partial charge >= 0.3 is 5.97 Å². The lowest BCUT2D eigenvalue weighted by atomic mass is 10.1. The second-order valence-electron chi connectivity index (χ2n) is 5.35. The van der Waals surface area contributed by atoms with Crippen LogP contribution in [0.4, 0.5) is 5.69 Å². The number of hydrogen-bond donors (Lipinski definition) is 1. The first-order valence-electron chi connectivity index (χ1n) is 6.90. The number of pyridine rings is 1. The van der Waals surface area contributed by atoms with E-state index in [4.69, 9.17) is 0 Å². The molecule has 4 nitrogen and oxygen atoms in total. The van der Waals surface area contributed by atoms with Crippen LogP contribution in [0.15, 0.2) is 23.6 Å². The Labute approximate surface area is 129 Å². The summed E-state index contributed by atoms with van der Waals surface area (Å²) in [6.07, 6.45) is 0. The lowest BCUT2D eigenvalue weighted by Crippen LogP contribution is -2.31. The Morgan fingerprint density at radius 2 is 2.14 bits per heavy atom. The second-order valence-corrected chi connectivity index (χ2v) is 6.38. The molecule has 1 N–H and O–H groups in total. The number of nitrogens with zero attached hydrogens (tertiary/aromatic N) is 2. The highest BCUT2D eigenvalue weighted by Crippen LogP contribution is 2.28. The normalized spacial score (nSPS) is 10.9. The van der Waals surface area contributed by atoms with Crippen molar-refractivity contribution in [2.45, 2.75) is 40.3 Å². The molecule has 0 radical (unpaired) electrons. The van der Waals surface area contributed by atoms with Crippen LogP contribution < -0.4 is 4.90 Å². The van der Waals surface area contributed by atoms with Gasteiger partial charge in [-0.25, -0.2) is 4.79 Å². The number of carbonyl (C=O) groups is 1. The zero-order chi connectivity index (χ0) is 15.6. The number of carboxylic acid groups (broad SMARTS) is 1. The Hall–Kier alpha value is -1.88. The Kier molecular flexibility index (Phi) is 4.63. The Bertz CT molecular complexity index is 636. The number of aromatic carboxylic acids is 1. The van der Waals surface area contributed by atoms with Crippen molar-refractivity contribution in [3.05, 3.63) is 45.4 Å². The number of thiophene rings is 1. The Morgan fingerprint density at radius 3 is 2.67 bits per heavy atom. The molecule has 2 heterocycles. The predicted molar refractivity (Wildman–Crippen MR) is 86.3 cm³/mol. The van der Waals surface area contributed by atoms with Crippen LogP contribution in [0.2, 0.25) is 0 Å². The molecule has 0 aliphatic rings. The third kappa shape index (κ3) is 3.42. The molecule has 0 amide bonds. The van der Waals surface area contributed by atoms with E-state index in [9.17, 15) is 9.90 Å². The number of rotatable bonds is 5. The molecule has 0 spiro atoms. The minimum Gasteiger partial charge on any atom is -0.478 e. The monoisotopic (exact) mass is 304 g/mol. The van der Waals surface area contributed by atoms with Crippen molar-refractivity contribution >= 4 is 23.0 Å². The van der Waals surface area contributed by atoms with Crippen LogP contribution in [0.1, 0.15) is 40.5 Å². The minimum absolute atomic E-state index is 0.200. The molecule has 21 heavy (non-hydrogen) atoms. The summed E-state index contributed by atoms with van der Waals surface area (Å²) in [6.45, 7) is 8.50. The molecular weight excluding hydrogens is 284 g/mol. The number of anilines is 1. The van der Waals surface area contributed by atoms with Crippen molar-refractivity contribution in [3.8, 4) is 0 Å². The highest BCUT2D eigenvalue weighted by Gasteiger charge is 2.22. The zero-order valence-corrected chi connectivity index (χ0v) is 13.6. The van der Waals surface area contributed by atoms with Gasteiger partial charge in [-0.15, -0.1) is 11.3 Å². The summed E-state index contributed by atoms with van der Waals surface area (Å²) in [4.78, 5) is 19.2. The Balaban J connectivity index is 2.51. The van der Waals surface area contributed by atoms with Crippen molar-refractivity contribution in [3.63, 3.8) is 0 Å². The molecule has 0 saturated carbocycles. The summed E-state index contributed by atoms with van der Waals surface area (Å²) in [6, 6.07) is 6.15. The first-order valence-corrected chi connectivity index (χ1v) is 7.78. The summed E-state index contributed by atoms with van der Waals surface area (Å²) in [5.74, 6) is -0.924. The van der Waals surface area contributed by atoms with Crippen molar-refractivity contribution < 1.29 is 9.90 Å². The maximum Gasteiger partial charge on any atom is 0.339 e. The maximum atomic E-state index is 11.6. The summed E-state index contributed by atoms with van der Waals surface area (Å²) in [5.41, 5.74) is 2.44. The SMILES string of the molecule is Cc1cc(N(Cc2cccs2)C(C)C)c(C(=O)O)c(C)n1. The van der Waals surface area contributed by atoms with E-state index in [-0.39, 0.29) is 6.04 Å². The second kappa shape index (κ2) is 6.26. The van der Waals surface area contributed by atoms with Gasteiger partial charge in [0.2, 0.25) is 0 Å². The summed E-state index contributed by atoms with van der Waals surface area (Å²) in [5, 5.41) is 11.6. The highest BCUT2D eigenvalue weighted by molar-refractivity contribution is 7.09. The van der Waals surface area contributed by atoms with Crippen molar-refractivity contribution in [1.29, 1.82) is 0 Å². The lowest BCUT2D eigenvalue weighted by molar-refractivity contribution is 0.0696. The van der Waals surface area contributed by atoms with Crippen LogP contribution in [0.5, 0.6) is 0 Å². The average Bonchev–Trinajstić information content (AvgIpc) is 2.86. The Morgan fingerprint density at radius 1 is 1.43 bits per heavy atom. The van der Waals surface area contributed by atoms with Crippen molar-refractivity contribution in [1.82, 2.24) is 4.98 Å². The quantitative estimate of drug-likeness (QED) is 0.911. The molecule has 0 fully saturated rings. The molecule has 5 heteroatoms. The topological polar surface area (TPSA) is 53.4 Å². The number of hydrogen-bond acceptors (Lipinski definition) is 4. The van der Waals surface area contributed by atoms with E-state index < -0.39 is 5.97 Å². The van der Waals surface area contributed by atoms with Crippen LogP contribution in [0.3, 0.4) is 0 Å². The highest BCUT2D eigenvalue weighted by atomic mass is 32.1. The van der Waals surface area contributed by atoms with E-state index in [1.165, 1.54) is 4.88 Å². The summed E-state index contributed by atoms with van der Waals surface area (Å²) in [7, 11) is 0. The largest absolute Gasteiger partial charge is 0.478 e. The van der Waals surface area contributed by atoms with Gasteiger partial charge in [0.15, 0.2) is 0 Å². The summed E-state index contributed by atoms with van der Waals surface area (Å²) >= 11 is 1.68. The van der Waals surface area contributed by atoms with Gasteiger partial charge in [-0.05, 0) is 45.2 Å². The van der Waals surface area contributed by atoms with Gasteiger partial charge in [0.1, 0.15) is 5.56 Å². The van der Waals surface area contributed by atoms with Gasteiger partial charge in [-0.2, -0.15) is 0 Å². The number of aromatic nitrogens is 1. The van der Waals surface area contributed by atoms with Crippen LogP contribution >= 0.6 is 11.3 Å². The molecule has 0 saturated heterocycles. The molecule has 112 valence electrons. The van der Waals surface area contributed by atoms with E-state index in [0.717, 1.165) is 11.4 Å². The van der Waals surface area contributed by atoms with Gasteiger partial charge in [0.25, 0.3) is 0 Å². The summed E-state index contributed by atoms with van der Waals surface area (Å²) < 4.78 is 0. The molecule has 0 bridgehead atoms. The molecule has 0 atom stereocenters. The zero-order valence-electron chi connectivity index (χ0n) is 12.8. The fourth-order valence-electron chi connectivity index (χ4n) is 2.42. The van der Waals surface area contributed by atoms with Crippen LogP contribution in [0, 0.1) is 13.8 Å². The standard InChI is InChI=1S/C16H20N2O2S/c1-10(2)18(9-13-6-5-7-21-13)14-8-11(3)17-12(4)15(14)16(19)20/h5-8,10H,9H2,1-4H3,(H,19,20). The first kappa shape index (κ1) is 15.5. The predicted octanol–water partition coefficient (Wildman–Crippen LogP) is 3.87. The van der Waals surface area contributed by atoms with Crippen LogP contribution in [0.25, 0.3) is 0 Å². The fourth-order valence-corrected chi connectivity index (χ4v) is 3.12. The van der Waals surface area contributed by atoms with Gasteiger partial charge in [0, 0.05) is 16.6 Å². The smallest absolute Gasteiger partial charge is 0.339 e. The van der Waals surface area contributed by atoms with E-state index >= 15 is 0 Å². The third-order valence-corrected chi connectivity index (χ3v) is 4.22. The van der Waals surface area contributed by atoms with Crippen molar-refractivity contribution in [2.75, 3.05) is 4.90 Å². The van der Waals surface area contributed by atoms with E-state index in [1.54, 1.807) is 18.3 Å².